The molecule has 0 aliphatic rings. The third kappa shape index (κ3) is 9.78. The van der Waals surface area contributed by atoms with Crippen molar-refractivity contribution >= 4 is 11.5 Å². The normalized spacial score (nSPS) is 11.0. The molecule has 0 unspecified atom stereocenters. The first kappa shape index (κ1) is 23.5. The van der Waals surface area contributed by atoms with Gasteiger partial charge < -0.3 is 5.11 Å². The predicted molar refractivity (Wildman–Crippen MR) is 113 cm³/mol. The quantitative estimate of drug-likeness (QED) is 0.209. The summed E-state index contributed by atoms with van der Waals surface area (Å²) in [5.74, 6) is -0.260. The van der Waals surface area contributed by atoms with Gasteiger partial charge in [-0.15, -0.1) is 0 Å². The molecule has 0 aliphatic carbocycles. The number of hydrogen-bond acceptors (Lipinski definition) is 1. The summed E-state index contributed by atoms with van der Waals surface area (Å²) in [6.45, 7) is 6.83. The zero-order valence-electron chi connectivity index (χ0n) is 17.7. The molecule has 0 saturated heterocycles. The largest absolute Gasteiger partial charge is 0.477 e. The summed E-state index contributed by atoms with van der Waals surface area (Å²) in [6, 6.07) is 0. The van der Waals surface area contributed by atoms with E-state index in [9.17, 15) is 9.90 Å². The summed E-state index contributed by atoms with van der Waals surface area (Å²) in [4.78, 5) is 11.2. The molecule has 4 heteroatoms. The molecule has 0 fully saturated rings. The smallest absolute Gasteiger partial charge is 0.343 e. The van der Waals surface area contributed by atoms with Gasteiger partial charge in [0.1, 0.15) is 18.0 Å². The van der Waals surface area contributed by atoms with E-state index in [1.165, 1.54) is 83.5 Å². The van der Waals surface area contributed by atoms with Crippen molar-refractivity contribution in [1.29, 1.82) is 0 Å². The molecule has 0 aromatic carbocycles. The molecule has 1 rings (SSSR count). The highest BCUT2D eigenvalue weighted by Crippen LogP contribution is 2.14. The lowest BCUT2D eigenvalue weighted by Crippen LogP contribution is -2.33. The van der Waals surface area contributed by atoms with Gasteiger partial charge in [0.2, 0.25) is 0 Å². The van der Waals surface area contributed by atoms with E-state index >= 15 is 0 Å². The Bertz CT molecular complexity index is 549. The molecule has 1 heterocycles. The van der Waals surface area contributed by atoms with Crippen molar-refractivity contribution in [2.45, 2.75) is 103 Å². The second-order valence-corrected chi connectivity index (χ2v) is 7.81. The Balaban J connectivity index is 2.01. The molecule has 154 valence electrons. The van der Waals surface area contributed by atoms with Crippen LogP contribution in [0, 0.1) is 0 Å². The van der Waals surface area contributed by atoms with Crippen molar-refractivity contribution in [2.75, 3.05) is 0 Å². The van der Waals surface area contributed by atoms with Gasteiger partial charge in [0.25, 0.3) is 5.82 Å². The summed E-state index contributed by atoms with van der Waals surface area (Å²) in [7, 11) is 1.87. The van der Waals surface area contributed by atoms with Crippen LogP contribution >= 0.6 is 0 Å². The minimum atomic E-state index is -0.952. The number of carboxylic acids is 1. The van der Waals surface area contributed by atoms with Gasteiger partial charge in [0.05, 0.1) is 13.6 Å². The van der Waals surface area contributed by atoms with Crippen molar-refractivity contribution in [3.8, 4) is 0 Å². The van der Waals surface area contributed by atoms with Gasteiger partial charge in [-0.05, 0) is 12.8 Å². The van der Waals surface area contributed by atoms with Gasteiger partial charge in [-0.2, -0.15) is 0 Å². The molecule has 27 heavy (non-hydrogen) atoms. The van der Waals surface area contributed by atoms with E-state index in [0.717, 1.165) is 13.0 Å². The molecule has 0 saturated carbocycles. The predicted octanol–water partition coefficient (Wildman–Crippen LogP) is 5.89. The van der Waals surface area contributed by atoms with E-state index in [1.54, 1.807) is 0 Å². The molecular formula is C23H41N2O2+. The summed E-state index contributed by atoms with van der Waals surface area (Å²) in [5, 5.41) is 9.17. The van der Waals surface area contributed by atoms with Crippen LogP contribution in [0.4, 0.5) is 0 Å². The lowest BCUT2D eigenvalue weighted by molar-refractivity contribution is -0.673. The Morgan fingerprint density at radius 3 is 1.81 bits per heavy atom. The van der Waals surface area contributed by atoms with Crippen LogP contribution in [0.5, 0.6) is 0 Å². The third-order valence-corrected chi connectivity index (χ3v) is 5.36. The van der Waals surface area contributed by atoms with Crippen LogP contribution in [-0.2, 0) is 18.4 Å². The van der Waals surface area contributed by atoms with Gasteiger partial charge in [-0.25, -0.2) is 13.9 Å². The lowest BCUT2D eigenvalue weighted by Gasteiger charge is -2.04. The van der Waals surface area contributed by atoms with Crippen molar-refractivity contribution in [3.05, 3.63) is 24.8 Å². The fourth-order valence-electron chi connectivity index (χ4n) is 3.66. The maximum Gasteiger partial charge on any atom is 0.343 e. The van der Waals surface area contributed by atoms with E-state index in [-0.39, 0.29) is 5.57 Å². The van der Waals surface area contributed by atoms with Crippen LogP contribution < -0.4 is 4.57 Å². The van der Waals surface area contributed by atoms with E-state index in [0.29, 0.717) is 5.82 Å². The molecule has 0 amide bonds. The van der Waals surface area contributed by atoms with Crippen LogP contribution in [0.15, 0.2) is 19.0 Å². The van der Waals surface area contributed by atoms with Crippen LogP contribution in [0.2, 0.25) is 0 Å². The molecule has 4 nitrogen and oxygen atoms in total. The number of rotatable bonds is 17. The summed E-state index contributed by atoms with van der Waals surface area (Å²) >= 11 is 0. The van der Waals surface area contributed by atoms with Crippen LogP contribution in [0.1, 0.15) is 103 Å². The second kappa shape index (κ2) is 14.5. The summed E-state index contributed by atoms with van der Waals surface area (Å²) in [6.07, 6.45) is 22.7. The molecular weight excluding hydrogens is 336 g/mol. The maximum absolute atomic E-state index is 11.2. The highest BCUT2D eigenvalue weighted by atomic mass is 16.4. The molecule has 0 radical (unpaired) electrons. The maximum atomic E-state index is 11.2. The Labute approximate surface area is 166 Å². The third-order valence-electron chi connectivity index (χ3n) is 5.36. The molecule has 0 bridgehead atoms. The number of nitrogens with zero attached hydrogens (tertiary/aromatic N) is 2. The van der Waals surface area contributed by atoms with Crippen LogP contribution in [0.3, 0.4) is 0 Å². The lowest BCUT2D eigenvalue weighted by atomic mass is 10.0. The number of aliphatic carboxylic acids is 1. The average molecular weight is 378 g/mol. The second-order valence-electron chi connectivity index (χ2n) is 7.81. The number of aryl methyl sites for hydroxylation is 2. The number of carbonyl (C=O) groups is 1. The van der Waals surface area contributed by atoms with Crippen molar-refractivity contribution < 1.29 is 14.5 Å². The van der Waals surface area contributed by atoms with E-state index in [4.69, 9.17) is 0 Å². The van der Waals surface area contributed by atoms with Gasteiger partial charge >= 0.3 is 5.97 Å². The van der Waals surface area contributed by atoms with Gasteiger partial charge in [0, 0.05) is 0 Å². The molecule has 0 atom stereocenters. The zero-order chi connectivity index (χ0) is 19.9. The Kier molecular flexibility index (Phi) is 12.6. The Morgan fingerprint density at radius 1 is 0.926 bits per heavy atom. The molecule has 1 aromatic rings. The average Bonchev–Trinajstić information content (AvgIpc) is 3.01. The molecule has 1 N–H and O–H groups in total. The molecule has 1 aromatic heterocycles. The number of hydrogen-bond donors (Lipinski definition) is 1. The minimum absolute atomic E-state index is 0.160. The SMILES string of the molecule is C=C(C(=O)O)c1n(CCCCCCCCCCCCCCCC)cc[n+]1C. The van der Waals surface area contributed by atoms with Crippen LogP contribution in [-0.4, -0.2) is 15.6 Å². The first-order chi connectivity index (χ1) is 13.1. The van der Waals surface area contributed by atoms with E-state index < -0.39 is 5.97 Å². The topological polar surface area (TPSA) is 46.1 Å². The van der Waals surface area contributed by atoms with Crippen molar-refractivity contribution in [3.63, 3.8) is 0 Å². The Hall–Kier alpha value is -1.58. The minimum Gasteiger partial charge on any atom is -0.477 e. The highest BCUT2D eigenvalue weighted by molar-refractivity contribution is 6.12. The summed E-state index contributed by atoms with van der Waals surface area (Å²) in [5.41, 5.74) is 0.160. The Morgan fingerprint density at radius 2 is 1.37 bits per heavy atom. The monoisotopic (exact) mass is 377 g/mol. The van der Waals surface area contributed by atoms with Crippen LogP contribution in [0.25, 0.3) is 5.57 Å². The summed E-state index contributed by atoms with van der Waals surface area (Å²) < 4.78 is 3.84. The van der Waals surface area contributed by atoms with Gasteiger partial charge in [-0.1, -0.05) is 90.6 Å². The fraction of sp³-hybridized carbons (Fsp3) is 0.739. The van der Waals surface area contributed by atoms with E-state index in [2.05, 4.69) is 13.5 Å². The first-order valence-corrected chi connectivity index (χ1v) is 11.0. The zero-order valence-corrected chi connectivity index (χ0v) is 17.7. The number of imidazole rings is 1. The van der Waals surface area contributed by atoms with E-state index in [1.807, 2.05) is 28.6 Å². The first-order valence-electron chi connectivity index (χ1n) is 11.0. The standard InChI is InChI=1S/C23H40N2O2/c1-4-5-6-7-8-9-10-11-12-13-14-15-16-17-18-25-20-19-24(3)22(25)21(2)23(26)27/h19-20H,2,4-18H2,1,3H3/p+1. The number of aromatic nitrogens is 2. The van der Waals surface area contributed by atoms with Gasteiger partial charge in [0.15, 0.2) is 0 Å². The molecule has 0 aliphatic heterocycles. The number of carboxylic acid groups (broad SMARTS) is 1. The van der Waals surface area contributed by atoms with Crippen molar-refractivity contribution in [1.82, 2.24) is 4.57 Å². The molecule has 0 spiro atoms. The van der Waals surface area contributed by atoms with Gasteiger partial charge in [-0.3, -0.25) is 0 Å². The van der Waals surface area contributed by atoms with Crippen molar-refractivity contribution in [2.24, 2.45) is 7.05 Å². The number of unbranched alkanes of at least 4 members (excludes halogenated alkanes) is 13. The fourth-order valence-corrected chi connectivity index (χ4v) is 3.66. The highest BCUT2D eigenvalue weighted by Gasteiger charge is 2.22.